The fourth-order valence-electron chi connectivity index (χ4n) is 3.50. The van der Waals surface area contributed by atoms with Gasteiger partial charge in [0.15, 0.2) is 9.79 Å². The van der Waals surface area contributed by atoms with Crippen LogP contribution in [0.15, 0.2) is 146 Å². The molecule has 0 spiro atoms. The van der Waals surface area contributed by atoms with E-state index in [9.17, 15) is 26.1 Å². The van der Waals surface area contributed by atoms with E-state index < -0.39 is 26.8 Å². The van der Waals surface area contributed by atoms with Gasteiger partial charge in [0.25, 0.3) is 0 Å². The van der Waals surface area contributed by atoms with E-state index in [1.54, 1.807) is 0 Å². The predicted octanol–water partition coefficient (Wildman–Crippen LogP) is 8.12. The zero-order chi connectivity index (χ0) is 27.2. The van der Waals surface area contributed by atoms with Crippen LogP contribution in [0, 0.1) is 0 Å². The highest BCUT2D eigenvalue weighted by atomic mass is 32.2. The van der Waals surface area contributed by atoms with E-state index in [1.807, 2.05) is 11.3 Å². The summed E-state index contributed by atoms with van der Waals surface area (Å²) >= 11 is 1.85. The molecule has 0 unspecified atom stereocenters. The maximum atomic E-state index is 12.0. The number of hydrogen-bond donors (Lipinski definition) is 0. The van der Waals surface area contributed by atoms with Gasteiger partial charge < -0.3 is 4.55 Å². The second-order valence-electron chi connectivity index (χ2n) is 7.93. The van der Waals surface area contributed by atoms with Crippen molar-refractivity contribution in [3.8, 4) is 11.1 Å². The van der Waals surface area contributed by atoms with Crippen LogP contribution >= 0.6 is 11.3 Å². The summed E-state index contributed by atoms with van der Waals surface area (Å²) in [5.41, 5.74) is 1.59. The lowest BCUT2D eigenvalue weighted by Gasteiger charge is -2.09. The van der Waals surface area contributed by atoms with Crippen LogP contribution in [0.4, 0.5) is 13.2 Å². The molecule has 0 amide bonds. The highest BCUT2D eigenvalue weighted by Gasteiger charge is 2.31. The molecule has 9 heteroatoms. The predicted molar refractivity (Wildman–Crippen MR) is 144 cm³/mol. The van der Waals surface area contributed by atoms with Gasteiger partial charge in [0.05, 0.1) is 10.5 Å². The molecule has 5 rings (SSSR count). The normalized spacial score (nSPS) is 11.6. The molecule has 0 aliphatic carbocycles. The van der Waals surface area contributed by atoms with Crippen LogP contribution in [0.2, 0.25) is 0 Å². The Hall–Kier alpha value is -3.37. The zero-order valence-electron chi connectivity index (χ0n) is 19.7. The lowest BCUT2D eigenvalue weighted by Crippen LogP contribution is -2.05. The van der Waals surface area contributed by atoms with Crippen molar-refractivity contribution in [3.63, 3.8) is 0 Å². The average Bonchev–Trinajstić information content (AvgIpc) is 3.40. The summed E-state index contributed by atoms with van der Waals surface area (Å²) in [5.74, 6) is 0. The molecule has 0 aliphatic heterocycles. The Morgan fingerprint density at radius 3 is 1.58 bits per heavy atom. The van der Waals surface area contributed by atoms with Crippen LogP contribution in [0.3, 0.4) is 0 Å². The Balaban J connectivity index is 0.000000206. The highest BCUT2D eigenvalue weighted by molar-refractivity contribution is 7.98. The Kier molecular flexibility index (Phi) is 8.73. The first kappa shape index (κ1) is 27.7. The standard InChI is InChI=1S/C22H17S2.C7H5F3O3S/c1-4-10-18(11-5-1)19-16-22(23-17-19)24(20-12-6-2-7-13-20)21-14-8-3-9-15-21;8-7(9,10)5-1-3-6(4-2-5)14(11,12)13/h1-17H;1-4H,(H,11,12,13)/q+1;/p-1. The number of alkyl halides is 3. The van der Waals surface area contributed by atoms with Gasteiger partial charge in [0.1, 0.15) is 21.0 Å². The summed E-state index contributed by atoms with van der Waals surface area (Å²) in [6.07, 6.45) is -4.54. The molecule has 194 valence electrons. The Morgan fingerprint density at radius 1 is 0.658 bits per heavy atom. The van der Waals surface area contributed by atoms with E-state index in [2.05, 4.69) is 102 Å². The Bertz CT molecular complexity index is 1510. The summed E-state index contributed by atoms with van der Waals surface area (Å²) in [6, 6.07) is 36.9. The molecule has 0 saturated heterocycles. The lowest BCUT2D eigenvalue weighted by atomic mass is 10.1. The van der Waals surface area contributed by atoms with Crippen LogP contribution in [-0.2, 0) is 27.2 Å². The highest BCUT2D eigenvalue weighted by Crippen LogP contribution is 2.37. The zero-order valence-corrected chi connectivity index (χ0v) is 22.2. The van der Waals surface area contributed by atoms with E-state index in [0.29, 0.717) is 24.3 Å². The van der Waals surface area contributed by atoms with Crippen molar-refractivity contribution in [1.29, 1.82) is 0 Å². The van der Waals surface area contributed by atoms with Gasteiger partial charge in [-0.1, -0.05) is 78.1 Å². The fourth-order valence-corrected chi connectivity index (χ4v) is 7.56. The van der Waals surface area contributed by atoms with Crippen LogP contribution in [0.5, 0.6) is 0 Å². The SMILES string of the molecule is O=S(=O)([O-])c1ccc(C(F)(F)F)cc1.c1ccc(-c2csc([S+](c3ccccc3)c3ccccc3)c2)cc1. The van der Waals surface area contributed by atoms with E-state index >= 15 is 0 Å². The maximum absolute atomic E-state index is 12.0. The molecule has 0 bridgehead atoms. The maximum Gasteiger partial charge on any atom is 0.416 e. The molecule has 4 aromatic carbocycles. The number of thiophene rings is 1. The van der Waals surface area contributed by atoms with Gasteiger partial charge in [-0.2, -0.15) is 13.2 Å². The van der Waals surface area contributed by atoms with E-state index in [0.717, 1.165) is 0 Å². The van der Waals surface area contributed by atoms with Crippen molar-refractivity contribution in [2.45, 2.75) is 25.1 Å². The topological polar surface area (TPSA) is 57.2 Å². The molecule has 3 nitrogen and oxygen atoms in total. The third kappa shape index (κ3) is 7.14. The summed E-state index contributed by atoms with van der Waals surface area (Å²) in [7, 11) is -4.73. The van der Waals surface area contributed by atoms with E-state index in [4.69, 9.17) is 0 Å². The molecule has 0 fully saturated rings. The molecule has 0 radical (unpaired) electrons. The second-order valence-corrected chi connectivity index (χ2v) is 12.5. The summed E-state index contributed by atoms with van der Waals surface area (Å²) in [6.45, 7) is 0. The summed E-state index contributed by atoms with van der Waals surface area (Å²) < 4.78 is 68.4. The molecule has 38 heavy (non-hydrogen) atoms. The average molecular weight is 571 g/mol. The minimum atomic E-state index is -4.68. The molecule has 5 aromatic rings. The number of halogens is 3. The largest absolute Gasteiger partial charge is 0.744 e. The first-order valence-corrected chi connectivity index (χ1v) is 14.8. The number of benzene rings is 4. The second kappa shape index (κ2) is 12.0. The minimum absolute atomic E-state index is 0.0491. The van der Waals surface area contributed by atoms with E-state index in [-0.39, 0.29) is 10.9 Å². The summed E-state index contributed by atoms with van der Waals surface area (Å²) in [5, 5.41) is 2.27. The van der Waals surface area contributed by atoms with Crippen molar-refractivity contribution in [1.82, 2.24) is 0 Å². The number of rotatable bonds is 5. The smallest absolute Gasteiger partial charge is 0.416 e. The molecule has 1 aromatic heterocycles. The van der Waals surface area contributed by atoms with Gasteiger partial charge in [-0.3, -0.25) is 0 Å². The first-order chi connectivity index (χ1) is 18.1. The Labute approximate surface area is 226 Å². The quantitative estimate of drug-likeness (QED) is 0.158. The van der Waals surface area contributed by atoms with Gasteiger partial charge in [0, 0.05) is 11.4 Å². The number of hydrogen-bond acceptors (Lipinski definition) is 4. The molecule has 1 heterocycles. The lowest BCUT2D eigenvalue weighted by molar-refractivity contribution is -0.137. The van der Waals surface area contributed by atoms with Crippen molar-refractivity contribution in [2.24, 2.45) is 0 Å². The molecule has 0 atom stereocenters. The molecular weight excluding hydrogens is 550 g/mol. The van der Waals surface area contributed by atoms with Gasteiger partial charge >= 0.3 is 6.18 Å². The van der Waals surface area contributed by atoms with Crippen molar-refractivity contribution >= 4 is 32.3 Å². The van der Waals surface area contributed by atoms with Crippen molar-refractivity contribution in [2.75, 3.05) is 0 Å². The minimum Gasteiger partial charge on any atom is -0.744 e. The van der Waals surface area contributed by atoms with Gasteiger partial charge in [0.2, 0.25) is 4.21 Å². The van der Waals surface area contributed by atoms with Gasteiger partial charge in [-0.15, -0.1) is 0 Å². The third-order valence-corrected chi connectivity index (χ3v) is 9.68. The van der Waals surface area contributed by atoms with Gasteiger partial charge in [-0.05, 0) is 59.7 Å². The molecule has 0 saturated carbocycles. The first-order valence-electron chi connectivity index (χ1n) is 11.2. The molecule has 0 aliphatic rings. The van der Waals surface area contributed by atoms with Crippen LogP contribution < -0.4 is 0 Å². The van der Waals surface area contributed by atoms with Gasteiger partial charge in [-0.25, -0.2) is 8.42 Å². The van der Waals surface area contributed by atoms with E-state index in [1.165, 1.54) is 25.1 Å². The van der Waals surface area contributed by atoms with Crippen LogP contribution in [0.1, 0.15) is 5.56 Å². The third-order valence-electron chi connectivity index (χ3n) is 5.31. The molecular formula is C29H21F3O3S3. The monoisotopic (exact) mass is 570 g/mol. The fraction of sp³-hybridized carbons (Fsp3) is 0.0345. The molecule has 0 N–H and O–H groups in total. The van der Waals surface area contributed by atoms with Crippen LogP contribution in [0.25, 0.3) is 11.1 Å². The summed E-state index contributed by atoms with van der Waals surface area (Å²) in [4.78, 5) is 2.06. The van der Waals surface area contributed by atoms with Crippen molar-refractivity contribution in [3.05, 3.63) is 132 Å². The van der Waals surface area contributed by atoms with Crippen molar-refractivity contribution < 1.29 is 26.1 Å². The van der Waals surface area contributed by atoms with Crippen LogP contribution in [-0.4, -0.2) is 13.0 Å². The Morgan fingerprint density at radius 2 is 1.13 bits per heavy atom.